The maximum atomic E-state index is 9.82. The molecule has 11 heavy (non-hydrogen) atoms. The Kier molecular flexibility index (Phi) is 5.09. The Hall–Kier alpha value is 0.810. The molecular formula is CBrClO6P2. The van der Waals surface area contributed by atoms with Gasteiger partial charge in [-0.25, -0.2) is 0 Å². The zero-order chi connectivity index (χ0) is 9.07. The van der Waals surface area contributed by atoms with E-state index in [0.29, 0.717) is 0 Å². The highest BCUT2D eigenvalue weighted by atomic mass is 79.9. The third kappa shape index (κ3) is 7.18. The summed E-state index contributed by atoms with van der Waals surface area (Å²) in [6.45, 7) is 0. The second-order valence-electron chi connectivity index (χ2n) is 1.09. The molecule has 0 spiro atoms. The summed E-state index contributed by atoms with van der Waals surface area (Å²) >= 11 is 7.37. The zero-order valence-corrected chi connectivity index (χ0v) is 8.73. The molecule has 6 nitrogen and oxygen atoms in total. The molecule has 0 aromatic carbocycles. The number of hydrogen-bond acceptors (Lipinski definition) is 6. The summed E-state index contributed by atoms with van der Waals surface area (Å²) in [7, 11) is -6.58. The van der Waals surface area contributed by atoms with Crippen molar-refractivity contribution in [3.8, 4) is 0 Å². The quantitative estimate of drug-likeness (QED) is 0.418. The summed E-state index contributed by atoms with van der Waals surface area (Å²) in [5.74, 6) is 0. The monoisotopic (exact) mass is 284 g/mol. The van der Waals surface area contributed by atoms with Crippen LogP contribution in [0, 0.1) is 0 Å². The fourth-order valence-electron chi connectivity index (χ4n) is 0.190. The lowest BCUT2D eigenvalue weighted by molar-refractivity contribution is -0.209. The topological polar surface area (TPSA) is 98.7 Å². The molecule has 0 saturated heterocycles. The Morgan fingerprint density at radius 1 is 1.27 bits per heavy atom. The van der Waals surface area contributed by atoms with E-state index in [-0.39, 0.29) is 0 Å². The lowest BCUT2D eigenvalue weighted by atomic mass is 11.5. The van der Waals surface area contributed by atoms with Crippen LogP contribution in [0.25, 0.3) is 0 Å². The minimum atomic E-state index is -3.29. The van der Waals surface area contributed by atoms with Crippen LogP contribution in [0.3, 0.4) is 0 Å². The van der Waals surface area contributed by atoms with Crippen LogP contribution in [-0.4, -0.2) is 4.16 Å². The fourth-order valence-corrected chi connectivity index (χ4v) is 1.72. The Labute approximate surface area is 76.5 Å². The maximum Gasteiger partial charge on any atom is 0.493 e. The van der Waals surface area contributed by atoms with Gasteiger partial charge in [-0.1, -0.05) is 9.05 Å². The molecule has 0 rings (SSSR count). The van der Waals surface area contributed by atoms with Crippen molar-refractivity contribution in [2.45, 2.75) is 4.16 Å². The second kappa shape index (κ2) is 4.74. The Bertz CT molecular complexity index is 163. The molecule has 0 aromatic rings. The van der Waals surface area contributed by atoms with Crippen molar-refractivity contribution in [3.63, 3.8) is 0 Å². The van der Waals surface area contributed by atoms with Gasteiger partial charge in [0.2, 0.25) is 0 Å². The van der Waals surface area contributed by atoms with Crippen molar-refractivity contribution < 1.29 is 28.0 Å². The van der Waals surface area contributed by atoms with E-state index in [1.165, 1.54) is 0 Å². The first-order chi connectivity index (χ1) is 4.83. The highest BCUT2D eigenvalue weighted by Crippen LogP contribution is 2.39. The summed E-state index contributed by atoms with van der Waals surface area (Å²) in [5, 5.41) is 0. The van der Waals surface area contributed by atoms with Gasteiger partial charge >= 0.3 is 20.7 Å². The van der Waals surface area contributed by atoms with Crippen LogP contribution in [0.4, 0.5) is 0 Å². The van der Waals surface area contributed by atoms with Crippen molar-refractivity contribution in [1.29, 1.82) is 0 Å². The molecule has 0 bridgehead atoms. The van der Waals surface area contributed by atoms with Crippen molar-refractivity contribution in [1.82, 2.24) is 0 Å². The van der Waals surface area contributed by atoms with Gasteiger partial charge in [0.1, 0.15) is 0 Å². The minimum Gasteiger partial charge on any atom is -0.566 e. The highest BCUT2D eigenvalue weighted by molar-refractivity contribution is 9.10. The maximum absolute atomic E-state index is 9.82. The van der Waals surface area contributed by atoms with Gasteiger partial charge in [-0.05, 0) is 20.7 Å². The molecule has 0 fully saturated rings. The van der Waals surface area contributed by atoms with E-state index in [2.05, 4.69) is 25.0 Å². The Morgan fingerprint density at radius 3 is 1.73 bits per heavy atom. The summed E-state index contributed by atoms with van der Waals surface area (Å²) in [6.07, 6.45) is 0. The van der Waals surface area contributed by atoms with Gasteiger partial charge in [-0.2, -0.15) is 0 Å². The largest absolute Gasteiger partial charge is 0.566 e. The SMILES string of the molecule is O=[P+]([O-])OC(Cl)(Br)O[P+](=O)[O-]. The van der Waals surface area contributed by atoms with Crippen LogP contribution >= 0.6 is 44.0 Å². The highest BCUT2D eigenvalue weighted by Gasteiger charge is 2.39. The van der Waals surface area contributed by atoms with Gasteiger partial charge in [-0.15, -0.1) is 0 Å². The first-order valence-corrected chi connectivity index (χ1v) is 5.24. The van der Waals surface area contributed by atoms with Crippen molar-refractivity contribution >= 4 is 44.0 Å². The average molecular weight is 285 g/mol. The number of rotatable bonds is 4. The molecule has 0 aliphatic rings. The molecular weight excluding hydrogens is 285 g/mol. The van der Waals surface area contributed by atoms with Gasteiger partial charge in [-0.3, -0.25) is 0 Å². The van der Waals surface area contributed by atoms with Crippen LogP contribution in [0.15, 0.2) is 0 Å². The minimum absolute atomic E-state index is 2.34. The normalized spacial score (nSPS) is 18.9. The lowest BCUT2D eigenvalue weighted by Crippen LogP contribution is -2.18. The lowest BCUT2D eigenvalue weighted by Gasteiger charge is -2.05. The zero-order valence-electron chi connectivity index (χ0n) is 4.60. The third-order valence-corrected chi connectivity index (χ3v) is 2.37. The molecule has 0 heterocycles. The van der Waals surface area contributed by atoms with Gasteiger partial charge < -0.3 is 9.79 Å². The first kappa shape index (κ1) is 11.8. The molecule has 0 saturated carbocycles. The summed E-state index contributed by atoms with van der Waals surface area (Å²) < 4.78 is 24.8. The molecule has 2 atom stereocenters. The average Bonchev–Trinajstić information content (AvgIpc) is 1.53. The van der Waals surface area contributed by atoms with Crippen molar-refractivity contribution in [2.24, 2.45) is 0 Å². The summed E-state index contributed by atoms with van der Waals surface area (Å²) in [6, 6.07) is 0. The number of halogens is 2. The van der Waals surface area contributed by atoms with Crippen molar-refractivity contribution in [3.05, 3.63) is 0 Å². The first-order valence-electron chi connectivity index (χ1n) is 1.88. The Balaban J connectivity index is 3.99. The second-order valence-corrected chi connectivity index (χ2v) is 4.35. The summed E-state index contributed by atoms with van der Waals surface area (Å²) in [5.41, 5.74) is 0. The molecule has 10 heteroatoms. The van der Waals surface area contributed by atoms with E-state index in [9.17, 15) is 18.9 Å². The van der Waals surface area contributed by atoms with Crippen LogP contribution in [0.1, 0.15) is 0 Å². The molecule has 2 unspecified atom stereocenters. The molecule has 0 aliphatic heterocycles. The smallest absolute Gasteiger partial charge is 0.493 e. The van der Waals surface area contributed by atoms with E-state index in [4.69, 9.17) is 11.6 Å². The number of hydrogen-bond donors (Lipinski definition) is 0. The molecule has 0 radical (unpaired) electrons. The van der Waals surface area contributed by atoms with Gasteiger partial charge in [0.05, 0.1) is 0 Å². The van der Waals surface area contributed by atoms with Gasteiger partial charge in [0, 0.05) is 15.9 Å². The van der Waals surface area contributed by atoms with Crippen LogP contribution in [0.2, 0.25) is 0 Å². The molecule has 0 aromatic heterocycles. The fraction of sp³-hybridized carbons (Fsp3) is 1.00. The summed E-state index contributed by atoms with van der Waals surface area (Å²) in [4.78, 5) is 19.6. The van der Waals surface area contributed by atoms with Crippen LogP contribution in [0.5, 0.6) is 0 Å². The van der Waals surface area contributed by atoms with E-state index in [1.807, 2.05) is 0 Å². The van der Waals surface area contributed by atoms with Gasteiger partial charge in [0.15, 0.2) is 0 Å². The predicted molar refractivity (Wildman–Crippen MR) is 34.9 cm³/mol. The number of alkyl halides is 2. The van der Waals surface area contributed by atoms with Crippen LogP contribution < -0.4 is 9.79 Å². The van der Waals surface area contributed by atoms with Gasteiger partial charge in [0.25, 0.3) is 0 Å². The molecule has 0 aliphatic carbocycles. The molecule has 64 valence electrons. The van der Waals surface area contributed by atoms with Crippen molar-refractivity contribution in [2.75, 3.05) is 0 Å². The van der Waals surface area contributed by atoms with E-state index in [0.717, 1.165) is 0 Å². The van der Waals surface area contributed by atoms with E-state index < -0.39 is 20.7 Å². The predicted octanol–water partition coefficient (Wildman–Crippen LogP) is 0.300. The van der Waals surface area contributed by atoms with E-state index in [1.54, 1.807) is 0 Å². The Morgan fingerprint density at radius 2 is 1.55 bits per heavy atom. The van der Waals surface area contributed by atoms with E-state index >= 15 is 0 Å². The molecule has 0 amide bonds. The third-order valence-electron chi connectivity index (χ3n) is 0.362. The van der Waals surface area contributed by atoms with Crippen LogP contribution in [-0.2, 0) is 18.2 Å². The molecule has 0 N–H and O–H groups in total. The standard InChI is InChI=1S/CBrClO6P2/c2-1(3,8-10(4)5)9-11(6)7.